The molecule has 0 aliphatic carbocycles. The Kier molecular flexibility index (Phi) is 4.40. The van der Waals surface area contributed by atoms with Crippen LogP contribution in [0.5, 0.6) is 0 Å². The molecule has 2 nitrogen and oxygen atoms in total. The first-order chi connectivity index (χ1) is 5.73. The zero-order chi connectivity index (χ0) is 10.7. The average molecular weight is 186 g/mol. The van der Waals surface area contributed by atoms with Gasteiger partial charge >= 0.3 is 0 Å². The highest BCUT2D eigenvalue weighted by Crippen LogP contribution is 2.24. The van der Waals surface area contributed by atoms with E-state index in [2.05, 4.69) is 52.2 Å². The maximum Gasteiger partial charge on any atom is 0.0625 e. The van der Waals surface area contributed by atoms with Crippen molar-refractivity contribution < 1.29 is 0 Å². The van der Waals surface area contributed by atoms with Crippen molar-refractivity contribution >= 4 is 0 Å². The monoisotopic (exact) mass is 186 g/mol. The van der Waals surface area contributed by atoms with Crippen LogP contribution in [0.1, 0.15) is 48.0 Å². The van der Waals surface area contributed by atoms with E-state index in [1.807, 2.05) is 7.05 Å². The highest BCUT2D eigenvalue weighted by molar-refractivity contribution is 4.85. The predicted molar refractivity (Wildman–Crippen MR) is 59.8 cm³/mol. The second-order valence-corrected chi connectivity index (χ2v) is 5.46. The summed E-state index contributed by atoms with van der Waals surface area (Å²) >= 11 is 0. The Bertz CT molecular complexity index is 145. The van der Waals surface area contributed by atoms with E-state index < -0.39 is 0 Å². The summed E-state index contributed by atoms with van der Waals surface area (Å²) in [6.07, 6.45) is 1.54. The summed E-state index contributed by atoms with van der Waals surface area (Å²) in [6, 6.07) is 0. The van der Waals surface area contributed by atoms with Crippen molar-refractivity contribution in [3.8, 4) is 0 Å². The summed E-state index contributed by atoms with van der Waals surface area (Å²) in [7, 11) is 2.01. The highest BCUT2D eigenvalue weighted by atomic mass is 15.2. The Balaban J connectivity index is 4.35. The molecule has 0 aliphatic heterocycles. The zero-order valence-corrected chi connectivity index (χ0v) is 10.3. The van der Waals surface area contributed by atoms with Crippen LogP contribution in [0.4, 0.5) is 0 Å². The molecule has 0 heterocycles. The Labute approximate surface area is 83.5 Å². The Morgan fingerprint density at radius 3 is 1.77 bits per heavy atom. The standard InChI is InChI=1S/C11H26N2/c1-8-11(5,6)9(12-7)13-10(2,3)4/h9,12-13H,8H2,1-7H3. The van der Waals surface area contributed by atoms with Gasteiger partial charge in [-0.25, -0.2) is 0 Å². The summed E-state index contributed by atoms with van der Waals surface area (Å²) in [5.41, 5.74) is 0.460. The van der Waals surface area contributed by atoms with Crippen LogP contribution in [0.2, 0.25) is 0 Å². The van der Waals surface area contributed by atoms with Crippen LogP contribution < -0.4 is 10.6 Å². The fourth-order valence-electron chi connectivity index (χ4n) is 1.30. The van der Waals surface area contributed by atoms with Gasteiger partial charge in [-0.2, -0.15) is 0 Å². The van der Waals surface area contributed by atoms with Gasteiger partial charge in [0, 0.05) is 5.54 Å². The molecule has 13 heavy (non-hydrogen) atoms. The lowest BCUT2D eigenvalue weighted by molar-refractivity contribution is 0.168. The summed E-state index contributed by atoms with van der Waals surface area (Å²) in [5.74, 6) is 0. The third-order valence-corrected chi connectivity index (χ3v) is 2.56. The van der Waals surface area contributed by atoms with Crippen molar-refractivity contribution in [3.63, 3.8) is 0 Å². The van der Waals surface area contributed by atoms with Crippen molar-refractivity contribution in [1.82, 2.24) is 10.6 Å². The first kappa shape index (κ1) is 12.9. The molecule has 0 spiro atoms. The van der Waals surface area contributed by atoms with E-state index in [4.69, 9.17) is 0 Å². The molecular weight excluding hydrogens is 160 g/mol. The quantitative estimate of drug-likeness (QED) is 0.659. The lowest BCUT2D eigenvalue weighted by Gasteiger charge is -2.38. The van der Waals surface area contributed by atoms with Crippen LogP contribution in [0.25, 0.3) is 0 Å². The largest absolute Gasteiger partial charge is 0.305 e. The van der Waals surface area contributed by atoms with E-state index in [1.165, 1.54) is 6.42 Å². The molecule has 80 valence electrons. The summed E-state index contributed by atoms with van der Waals surface area (Å²) < 4.78 is 0. The number of hydrogen-bond acceptors (Lipinski definition) is 2. The van der Waals surface area contributed by atoms with E-state index in [0.29, 0.717) is 11.6 Å². The third-order valence-electron chi connectivity index (χ3n) is 2.56. The summed E-state index contributed by atoms with van der Waals surface area (Å²) in [5, 5.41) is 6.92. The smallest absolute Gasteiger partial charge is 0.0625 e. The third kappa shape index (κ3) is 4.63. The average Bonchev–Trinajstić information content (AvgIpc) is 1.98. The topological polar surface area (TPSA) is 24.1 Å². The predicted octanol–water partition coefficient (Wildman–Crippen LogP) is 2.36. The first-order valence-corrected chi connectivity index (χ1v) is 5.18. The van der Waals surface area contributed by atoms with Gasteiger partial charge in [0.2, 0.25) is 0 Å². The summed E-state index contributed by atoms with van der Waals surface area (Å²) in [6.45, 7) is 13.4. The molecule has 0 aromatic rings. The van der Waals surface area contributed by atoms with Crippen LogP contribution in [0.15, 0.2) is 0 Å². The maximum absolute atomic E-state index is 3.59. The van der Waals surface area contributed by atoms with Gasteiger partial charge in [0.1, 0.15) is 0 Å². The van der Waals surface area contributed by atoms with E-state index >= 15 is 0 Å². The Hall–Kier alpha value is -0.0800. The van der Waals surface area contributed by atoms with Crippen molar-refractivity contribution in [3.05, 3.63) is 0 Å². The Morgan fingerprint density at radius 1 is 1.08 bits per heavy atom. The fourth-order valence-corrected chi connectivity index (χ4v) is 1.30. The second kappa shape index (κ2) is 4.43. The minimum Gasteiger partial charge on any atom is -0.305 e. The zero-order valence-electron chi connectivity index (χ0n) is 10.3. The van der Waals surface area contributed by atoms with Crippen molar-refractivity contribution in [2.45, 2.75) is 59.7 Å². The van der Waals surface area contributed by atoms with E-state index in [1.54, 1.807) is 0 Å². The highest BCUT2D eigenvalue weighted by Gasteiger charge is 2.29. The second-order valence-electron chi connectivity index (χ2n) is 5.46. The lowest BCUT2D eigenvalue weighted by atomic mass is 9.85. The molecule has 0 aliphatic rings. The van der Waals surface area contributed by atoms with E-state index in [-0.39, 0.29) is 5.54 Å². The molecule has 0 saturated heterocycles. The van der Waals surface area contributed by atoms with E-state index in [0.717, 1.165) is 0 Å². The molecule has 0 radical (unpaired) electrons. The number of rotatable bonds is 4. The Morgan fingerprint density at radius 2 is 1.54 bits per heavy atom. The molecule has 0 saturated carbocycles. The number of nitrogens with one attached hydrogen (secondary N) is 2. The SMILES string of the molecule is CCC(C)(C)C(NC)NC(C)(C)C. The molecule has 0 fully saturated rings. The van der Waals surface area contributed by atoms with Gasteiger partial charge in [-0.15, -0.1) is 0 Å². The molecule has 1 unspecified atom stereocenters. The van der Waals surface area contributed by atoms with Crippen LogP contribution in [-0.2, 0) is 0 Å². The van der Waals surface area contributed by atoms with Gasteiger partial charge in [-0.05, 0) is 39.7 Å². The van der Waals surface area contributed by atoms with Crippen molar-refractivity contribution in [2.24, 2.45) is 5.41 Å². The molecule has 0 aromatic carbocycles. The molecule has 0 aromatic heterocycles. The molecule has 2 N–H and O–H groups in total. The molecule has 0 bridgehead atoms. The molecule has 0 rings (SSSR count). The number of hydrogen-bond donors (Lipinski definition) is 2. The van der Waals surface area contributed by atoms with Crippen molar-refractivity contribution in [1.29, 1.82) is 0 Å². The summed E-state index contributed by atoms with van der Waals surface area (Å²) in [4.78, 5) is 0. The minimum atomic E-state index is 0.167. The lowest BCUT2D eigenvalue weighted by Crippen LogP contribution is -2.56. The molecule has 2 heteroatoms. The van der Waals surface area contributed by atoms with E-state index in [9.17, 15) is 0 Å². The molecule has 0 amide bonds. The minimum absolute atomic E-state index is 0.167. The van der Waals surface area contributed by atoms with Gasteiger partial charge in [0.15, 0.2) is 0 Å². The van der Waals surface area contributed by atoms with Crippen LogP contribution in [-0.4, -0.2) is 18.8 Å². The van der Waals surface area contributed by atoms with Gasteiger partial charge in [0.05, 0.1) is 6.17 Å². The maximum atomic E-state index is 3.59. The van der Waals surface area contributed by atoms with Crippen LogP contribution >= 0.6 is 0 Å². The first-order valence-electron chi connectivity index (χ1n) is 5.18. The van der Waals surface area contributed by atoms with Gasteiger partial charge in [-0.3, -0.25) is 5.32 Å². The normalized spacial score (nSPS) is 15.9. The van der Waals surface area contributed by atoms with Crippen LogP contribution in [0.3, 0.4) is 0 Å². The van der Waals surface area contributed by atoms with Gasteiger partial charge < -0.3 is 5.32 Å². The van der Waals surface area contributed by atoms with Gasteiger partial charge in [-0.1, -0.05) is 20.8 Å². The van der Waals surface area contributed by atoms with Crippen LogP contribution in [0, 0.1) is 5.41 Å². The van der Waals surface area contributed by atoms with Gasteiger partial charge in [0.25, 0.3) is 0 Å². The molecule has 1 atom stereocenters. The fraction of sp³-hybridized carbons (Fsp3) is 1.00. The molecular formula is C11H26N2. The van der Waals surface area contributed by atoms with Crippen molar-refractivity contribution in [2.75, 3.05) is 7.05 Å².